The van der Waals surface area contributed by atoms with E-state index in [-0.39, 0.29) is 11.8 Å². The quantitative estimate of drug-likeness (QED) is 0.840. The molecule has 24 heavy (non-hydrogen) atoms. The number of hydrogen-bond donors (Lipinski definition) is 0. The fourth-order valence-electron chi connectivity index (χ4n) is 3.81. The van der Waals surface area contributed by atoms with Crippen LogP contribution in [0.3, 0.4) is 0 Å². The van der Waals surface area contributed by atoms with E-state index in [4.69, 9.17) is 4.98 Å². The highest BCUT2D eigenvalue weighted by atomic mass is 32.1. The van der Waals surface area contributed by atoms with Gasteiger partial charge in [0.25, 0.3) is 0 Å². The summed E-state index contributed by atoms with van der Waals surface area (Å²) in [4.78, 5) is 28.7. The summed E-state index contributed by atoms with van der Waals surface area (Å²) in [6.07, 6.45) is 3.59. The van der Waals surface area contributed by atoms with Gasteiger partial charge in [-0.3, -0.25) is 4.79 Å². The number of amides is 1. The second-order valence-corrected chi connectivity index (χ2v) is 8.18. The highest BCUT2D eigenvalue weighted by Crippen LogP contribution is 2.40. The van der Waals surface area contributed by atoms with E-state index >= 15 is 0 Å². The maximum absolute atomic E-state index is 12.2. The number of fused-ring (bicyclic) bond motifs is 3. The minimum Gasteiger partial charge on any atom is -0.352 e. The van der Waals surface area contributed by atoms with Crippen molar-refractivity contribution in [3.05, 3.63) is 16.3 Å². The average Bonchev–Trinajstić information content (AvgIpc) is 3.14. The van der Waals surface area contributed by atoms with Crippen molar-refractivity contribution in [1.29, 1.82) is 0 Å². The van der Waals surface area contributed by atoms with Crippen LogP contribution in [0.2, 0.25) is 0 Å². The Hall–Kier alpha value is -1.69. The van der Waals surface area contributed by atoms with E-state index in [1.807, 2.05) is 37.0 Å². The van der Waals surface area contributed by atoms with E-state index in [2.05, 4.69) is 9.88 Å². The van der Waals surface area contributed by atoms with Crippen LogP contribution in [0.1, 0.15) is 36.5 Å². The van der Waals surface area contributed by atoms with Gasteiger partial charge in [0.15, 0.2) is 0 Å². The molecule has 0 unspecified atom stereocenters. The van der Waals surface area contributed by atoms with E-state index in [1.54, 1.807) is 0 Å². The Morgan fingerprint density at radius 1 is 1.12 bits per heavy atom. The summed E-state index contributed by atoms with van der Waals surface area (Å²) in [7, 11) is 0. The number of hydrogen-bond acceptors (Lipinski definition) is 5. The number of piperazine rings is 1. The summed E-state index contributed by atoms with van der Waals surface area (Å²) in [5.41, 5.74) is 1.48. The average molecular weight is 344 g/mol. The van der Waals surface area contributed by atoms with Crippen LogP contribution in [0.5, 0.6) is 0 Å². The molecule has 0 aromatic carbocycles. The Labute approximate surface area is 146 Å². The molecule has 1 amide bonds. The zero-order chi connectivity index (χ0) is 16.8. The molecule has 5 nitrogen and oxygen atoms in total. The molecule has 2 aromatic rings. The summed E-state index contributed by atoms with van der Waals surface area (Å²) in [6.45, 7) is 9.21. The van der Waals surface area contributed by atoms with Crippen molar-refractivity contribution in [3.63, 3.8) is 0 Å². The van der Waals surface area contributed by atoms with E-state index in [0.29, 0.717) is 0 Å². The van der Waals surface area contributed by atoms with Gasteiger partial charge in [-0.15, -0.1) is 11.3 Å². The molecule has 0 N–H and O–H groups in total. The molecule has 1 fully saturated rings. The highest BCUT2D eigenvalue weighted by molar-refractivity contribution is 7.19. The summed E-state index contributed by atoms with van der Waals surface area (Å²) in [5, 5.41) is 1.28. The minimum atomic E-state index is 0.0738. The summed E-state index contributed by atoms with van der Waals surface area (Å²) in [6, 6.07) is 0. The van der Waals surface area contributed by atoms with Crippen LogP contribution < -0.4 is 4.90 Å². The Morgan fingerprint density at radius 2 is 1.88 bits per heavy atom. The molecule has 1 saturated heterocycles. The molecule has 0 radical (unpaired) electrons. The van der Waals surface area contributed by atoms with Crippen LogP contribution in [-0.4, -0.2) is 47.0 Å². The van der Waals surface area contributed by atoms with Gasteiger partial charge in [-0.25, -0.2) is 9.97 Å². The second kappa shape index (κ2) is 5.99. The van der Waals surface area contributed by atoms with Crippen molar-refractivity contribution < 1.29 is 4.79 Å². The van der Waals surface area contributed by atoms with E-state index in [1.165, 1.54) is 28.7 Å². The van der Waals surface area contributed by atoms with Gasteiger partial charge >= 0.3 is 0 Å². The van der Waals surface area contributed by atoms with Crippen molar-refractivity contribution in [2.75, 3.05) is 31.1 Å². The minimum absolute atomic E-state index is 0.0738. The number of aromatic nitrogens is 2. The molecule has 6 heteroatoms. The smallest absolute Gasteiger partial charge is 0.225 e. The van der Waals surface area contributed by atoms with Crippen molar-refractivity contribution in [1.82, 2.24) is 14.9 Å². The van der Waals surface area contributed by atoms with Crippen LogP contribution in [-0.2, 0) is 17.6 Å². The normalized spacial score (nSPS) is 17.8. The molecular weight excluding hydrogens is 320 g/mol. The zero-order valence-corrected chi connectivity index (χ0v) is 15.4. The third-order valence-electron chi connectivity index (χ3n) is 5.04. The number of anilines is 1. The molecule has 4 rings (SSSR count). The Morgan fingerprint density at radius 3 is 2.58 bits per heavy atom. The van der Waals surface area contributed by atoms with Gasteiger partial charge in [0.05, 0.1) is 5.39 Å². The maximum atomic E-state index is 12.2. The number of nitrogens with zero attached hydrogens (tertiary/aromatic N) is 4. The second-order valence-electron chi connectivity index (χ2n) is 7.10. The van der Waals surface area contributed by atoms with Gasteiger partial charge < -0.3 is 9.80 Å². The third kappa shape index (κ3) is 2.57. The van der Waals surface area contributed by atoms with Crippen LogP contribution in [0.4, 0.5) is 5.82 Å². The summed E-state index contributed by atoms with van der Waals surface area (Å²) >= 11 is 1.85. The first-order chi connectivity index (χ1) is 11.5. The number of rotatable bonds is 2. The number of carbonyl (C=O) groups excluding carboxylic acids is 1. The van der Waals surface area contributed by atoms with Crippen molar-refractivity contribution in [3.8, 4) is 0 Å². The lowest BCUT2D eigenvalue weighted by Crippen LogP contribution is -2.50. The first-order valence-electron chi connectivity index (χ1n) is 8.87. The monoisotopic (exact) mass is 344 g/mol. The van der Waals surface area contributed by atoms with E-state index in [0.717, 1.165) is 49.1 Å². The first-order valence-corrected chi connectivity index (χ1v) is 9.69. The molecule has 0 saturated carbocycles. The van der Waals surface area contributed by atoms with Gasteiger partial charge in [0, 0.05) is 37.0 Å². The number of carbonyl (C=O) groups is 1. The van der Waals surface area contributed by atoms with Gasteiger partial charge in [0.1, 0.15) is 16.5 Å². The molecule has 1 aliphatic carbocycles. The highest BCUT2D eigenvalue weighted by Gasteiger charge is 2.28. The summed E-state index contributed by atoms with van der Waals surface area (Å²) < 4.78 is 0. The Kier molecular flexibility index (Phi) is 3.95. The van der Waals surface area contributed by atoms with Crippen LogP contribution in [0, 0.1) is 12.8 Å². The summed E-state index contributed by atoms with van der Waals surface area (Å²) in [5.74, 6) is 2.27. The Bertz CT molecular complexity index is 790. The van der Waals surface area contributed by atoms with Crippen molar-refractivity contribution in [2.45, 2.75) is 40.0 Å². The predicted octanol–water partition coefficient (Wildman–Crippen LogP) is 2.79. The fourth-order valence-corrected chi connectivity index (χ4v) is 5.11. The molecular formula is C18H24N4OS. The lowest BCUT2D eigenvalue weighted by atomic mass is 10.1. The van der Waals surface area contributed by atoms with Crippen LogP contribution in [0.15, 0.2) is 0 Å². The van der Waals surface area contributed by atoms with E-state index in [9.17, 15) is 4.79 Å². The largest absolute Gasteiger partial charge is 0.352 e. The van der Waals surface area contributed by atoms with Gasteiger partial charge in [-0.2, -0.15) is 0 Å². The third-order valence-corrected chi connectivity index (χ3v) is 6.23. The standard InChI is InChI=1S/C18H24N4OS/c1-11(2)18(23)22-9-7-21(8-10-22)16-15-13-5-4-6-14(13)24-17(15)20-12(3)19-16/h11H,4-10H2,1-3H3. The molecule has 3 heterocycles. The Balaban J connectivity index is 1.64. The zero-order valence-electron chi connectivity index (χ0n) is 14.6. The molecule has 1 aliphatic heterocycles. The number of aryl methyl sites for hydroxylation is 3. The molecule has 2 aliphatic rings. The SMILES string of the molecule is Cc1nc(N2CCN(C(=O)C(C)C)CC2)c2c3c(sc2n1)CCC3. The molecule has 0 spiro atoms. The van der Waals surface area contributed by atoms with E-state index < -0.39 is 0 Å². The van der Waals surface area contributed by atoms with Gasteiger partial charge in [-0.1, -0.05) is 13.8 Å². The maximum Gasteiger partial charge on any atom is 0.225 e. The van der Waals surface area contributed by atoms with Crippen molar-refractivity contribution in [2.24, 2.45) is 5.92 Å². The first kappa shape index (κ1) is 15.8. The topological polar surface area (TPSA) is 49.3 Å². The predicted molar refractivity (Wildman–Crippen MR) is 97.8 cm³/mol. The molecule has 0 atom stereocenters. The lowest BCUT2D eigenvalue weighted by Gasteiger charge is -2.36. The fraction of sp³-hybridized carbons (Fsp3) is 0.611. The van der Waals surface area contributed by atoms with Crippen molar-refractivity contribution >= 4 is 33.3 Å². The van der Waals surface area contributed by atoms with Gasteiger partial charge in [0.2, 0.25) is 5.91 Å². The lowest BCUT2D eigenvalue weighted by molar-refractivity contribution is -0.134. The van der Waals surface area contributed by atoms with Crippen LogP contribution >= 0.6 is 11.3 Å². The number of thiophene rings is 1. The molecule has 0 bridgehead atoms. The molecule has 2 aromatic heterocycles. The van der Waals surface area contributed by atoms with Gasteiger partial charge in [-0.05, 0) is 31.7 Å². The molecule has 128 valence electrons. The van der Waals surface area contributed by atoms with Crippen LogP contribution in [0.25, 0.3) is 10.2 Å².